The van der Waals surface area contributed by atoms with Crippen molar-refractivity contribution < 1.29 is 44.7 Å². The van der Waals surface area contributed by atoms with Crippen molar-refractivity contribution in [2.75, 3.05) is 0 Å². The molecule has 0 saturated heterocycles. The molecule has 0 bridgehead atoms. The Bertz CT molecular complexity index is 1160. The number of carbonyl (C=O) groups is 1. The second kappa shape index (κ2) is 8.01. The summed E-state index contributed by atoms with van der Waals surface area (Å²) in [6, 6.07) is 5.38. The van der Waals surface area contributed by atoms with E-state index in [4.69, 9.17) is 4.74 Å². The van der Waals surface area contributed by atoms with E-state index in [-0.39, 0.29) is 5.75 Å². The number of benzene rings is 3. The van der Waals surface area contributed by atoms with Crippen LogP contribution in [0.1, 0.15) is 27.0 Å². The fourth-order valence-electron chi connectivity index (χ4n) is 2.69. The monoisotopic (exact) mass is 446 g/mol. The summed E-state index contributed by atoms with van der Waals surface area (Å²) in [5.74, 6) is -21.8. The van der Waals surface area contributed by atoms with Crippen molar-refractivity contribution in [1.82, 2.24) is 0 Å². The van der Waals surface area contributed by atoms with Crippen molar-refractivity contribution in [3.8, 4) is 11.5 Å². The Labute approximate surface area is 169 Å². The molecule has 0 fully saturated rings. The fraction of sp³-hybridized carbons (Fsp3) is 0.0952. The molecule has 0 spiro atoms. The van der Waals surface area contributed by atoms with Crippen LogP contribution in [0.3, 0.4) is 0 Å². The normalized spacial score (nSPS) is 11.0. The van der Waals surface area contributed by atoms with Gasteiger partial charge in [0.25, 0.3) is 0 Å². The smallest absolute Gasteiger partial charge is 0.205 e. The Morgan fingerprint density at radius 2 is 1.00 bits per heavy atom. The van der Waals surface area contributed by atoms with E-state index in [9.17, 15) is 39.9 Å². The second-order valence-electron chi connectivity index (χ2n) is 6.46. The highest BCUT2D eigenvalue weighted by molar-refractivity contribution is 6.10. The van der Waals surface area contributed by atoms with E-state index >= 15 is 0 Å². The highest BCUT2D eigenvalue weighted by Gasteiger charge is 2.36. The van der Waals surface area contributed by atoms with Crippen LogP contribution in [0.5, 0.6) is 11.5 Å². The van der Waals surface area contributed by atoms with E-state index in [2.05, 4.69) is 0 Å². The Balaban J connectivity index is 2.18. The number of carbonyl (C=O) groups excluding carboxylic acids is 1. The van der Waals surface area contributed by atoms with E-state index in [0.29, 0.717) is 6.92 Å². The van der Waals surface area contributed by atoms with E-state index in [0.717, 1.165) is 5.56 Å². The van der Waals surface area contributed by atoms with Gasteiger partial charge in [0.2, 0.25) is 23.2 Å². The predicted octanol–water partition coefficient (Wildman–Crippen LogP) is 6.44. The molecule has 31 heavy (non-hydrogen) atoms. The van der Waals surface area contributed by atoms with Gasteiger partial charge in [0, 0.05) is 5.56 Å². The van der Waals surface area contributed by atoms with Crippen LogP contribution in [0.4, 0.5) is 35.1 Å². The standard InChI is InChI=1S/C21H10F8O2/c1-7-3-5-9(6-4-7)31-21-18(28)16(26)11(17(27)19(21)29)20(30)10-14(24)12(22)8(2)13(23)15(10)25/h3-6H,1-2H3. The second-order valence-corrected chi connectivity index (χ2v) is 6.46. The predicted molar refractivity (Wildman–Crippen MR) is 92.0 cm³/mol. The highest BCUT2D eigenvalue weighted by Crippen LogP contribution is 2.35. The van der Waals surface area contributed by atoms with Gasteiger partial charge in [-0.05, 0) is 26.0 Å². The average molecular weight is 446 g/mol. The van der Waals surface area contributed by atoms with Gasteiger partial charge in [-0.2, -0.15) is 8.78 Å². The zero-order valence-corrected chi connectivity index (χ0v) is 15.6. The van der Waals surface area contributed by atoms with E-state index in [1.807, 2.05) is 0 Å². The van der Waals surface area contributed by atoms with Crippen LogP contribution in [0.15, 0.2) is 24.3 Å². The summed E-state index contributed by atoms with van der Waals surface area (Å²) in [5, 5.41) is 0. The summed E-state index contributed by atoms with van der Waals surface area (Å²) in [5.41, 5.74) is -4.56. The molecule has 0 radical (unpaired) electrons. The molecule has 2 nitrogen and oxygen atoms in total. The largest absolute Gasteiger partial charge is 0.451 e. The van der Waals surface area contributed by atoms with Gasteiger partial charge >= 0.3 is 0 Å². The molecule has 0 atom stereocenters. The van der Waals surface area contributed by atoms with Crippen molar-refractivity contribution >= 4 is 5.78 Å². The molecule has 3 rings (SSSR count). The van der Waals surface area contributed by atoms with Gasteiger partial charge in [0.15, 0.2) is 34.9 Å². The fourth-order valence-corrected chi connectivity index (χ4v) is 2.69. The average Bonchev–Trinajstić information content (AvgIpc) is 2.74. The molecule has 10 heteroatoms. The van der Waals surface area contributed by atoms with Crippen molar-refractivity contribution in [1.29, 1.82) is 0 Å². The van der Waals surface area contributed by atoms with Crippen LogP contribution in [-0.2, 0) is 0 Å². The number of ketones is 1. The maximum Gasteiger partial charge on any atom is 0.205 e. The Kier molecular flexibility index (Phi) is 5.75. The lowest BCUT2D eigenvalue weighted by molar-refractivity contribution is 0.101. The number of rotatable bonds is 4. The van der Waals surface area contributed by atoms with Crippen molar-refractivity contribution in [2.24, 2.45) is 0 Å². The molecule has 0 aromatic heterocycles. The molecule has 0 N–H and O–H groups in total. The molecule has 0 saturated carbocycles. The SMILES string of the molecule is Cc1ccc(Oc2c(F)c(F)c(C(=O)c3c(F)c(F)c(C)c(F)c3F)c(F)c2F)cc1. The Hall–Kier alpha value is -3.43. The van der Waals surface area contributed by atoms with Crippen LogP contribution in [0.2, 0.25) is 0 Å². The summed E-state index contributed by atoms with van der Waals surface area (Å²) >= 11 is 0. The molecule has 0 aliphatic rings. The van der Waals surface area contributed by atoms with Crippen LogP contribution >= 0.6 is 0 Å². The molecule has 0 unspecified atom stereocenters. The molecule has 0 aliphatic carbocycles. The lowest BCUT2D eigenvalue weighted by Crippen LogP contribution is -2.18. The van der Waals surface area contributed by atoms with Gasteiger partial charge in [-0.15, -0.1) is 0 Å². The van der Waals surface area contributed by atoms with Gasteiger partial charge in [-0.25, -0.2) is 26.3 Å². The molecule has 0 aliphatic heterocycles. The maximum atomic E-state index is 14.4. The molecule has 0 amide bonds. The topological polar surface area (TPSA) is 26.3 Å². The summed E-state index contributed by atoms with van der Waals surface area (Å²) in [6.45, 7) is 2.32. The number of halogens is 8. The number of hydrogen-bond donors (Lipinski definition) is 0. The molecule has 3 aromatic carbocycles. The molecule has 3 aromatic rings. The van der Waals surface area contributed by atoms with E-state index < -0.39 is 74.8 Å². The van der Waals surface area contributed by atoms with Gasteiger partial charge in [-0.1, -0.05) is 17.7 Å². The number of aryl methyl sites for hydroxylation is 1. The van der Waals surface area contributed by atoms with E-state index in [1.165, 1.54) is 24.3 Å². The van der Waals surface area contributed by atoms with Crippen molar-refractivity contribution in [2.45, 2.75) is 13.8 Å². The zero-order valence-electron chi connectivity index (χ0n) is 15.6. The highest BCUT2D eigenvalue weighted by atomic mass is 19.2. The van der Waals surface area contributed by atoms with Gasteiger partial charge < -0.3 is 4.74 Å². The van der Waals surface area contributed by atoms with Crippen LogP contribution in [0, 0.1) is 60.4 Å². The van der Waals surface area contributed by atoms with Crippen molar-refractivity contribution in [3.05, 3.63) is 93.1 Å². The Morgan fingerprint density at radius 3 is 1.42 bits per heavy atom. The zero-order chi connectivity index (χ0) is 23.2. The Morgan fingerprint density at radius 1 is 0.613 bits per heavy atom. The molecular formula is C21H10F8O2. The third-order valence-corrected chi connectivity index (χ3v) is 4.40. The van der Waals surface area contributed by atoms with Gasteiger partial charge in [-0.3, -0.25) is 4.79 Å². The van der Waals surface area contributed by atoms with Crippen molar-refractivity contribution in [3.63, 3.8) is 0 Å². The van der Waals surface area contributed by atoms with E-state index in [1.54, 1.807) is 6.92 Å². The first kappa shape index (κ1) is 22.3. The lowest BCUT2D eigenvalue weighted by atomic mass is 9.98. The first-order chi connectivity index (χ1) is 14.5. The third kappa shape index (κ3) is 3.62. The minimum Gasteiger partial charge on any atom is -0.451 e. The summed E-state index contributed by atoms with van der Waals surface area (Å²) in [6.07, 6.45) is 0. The quantitative estimate of drug-likeness (QED) is 0.262. The van der Waals surface area contributed by atoms with Crippen LogP contribution < -0.4 is 4.74 Å². The van der Waals surface area contributed by atoms with Crippen LogP contribution in [-0.4, -0.2) is 5.78 Å². The van der Waals surface area contributed by atoms with Gasteiger partial charge in [0.1, 0.15) is 16.9 Å². The van der Waals surface area contributed by atoms with Crippen LogP contribution in [0.25, 0.3) is 0 Å². The lowest BCUT2D eigenvalue weighted by Gasteiger charge is -2.14. The first-order valence-electron chi connectivity index (χ1n) is 8.45. The molecular weight excluding hydrogens is 436 g/mol. The summed E-state index contributed by atoms with van der Waals surface area (Å²) in [7, 11) is 0. The third-order valence-electron chi connectivity index (χ3n) is 4.40. The molecule has 0 heterocycles. The first-order valence-corrected chi connectivity index (χ1v) is 8.45. The minimum absolute atomic E-state index is 0.221. The summed E-state index contributed by atoms with van der Waals surface area (Å²) in [4.78, 5) is 12.3. The molecule has 162 valence electrons. The number of hydrogen-bond acceptors (Lipinski definition) is 2. The maximum absolute atomic E-state index is 14.4. The van der Waals surface area contributed by atoms with Gasteiger partial charge in [0.05, 0.1) is 0 Å². The summed E-state index contributed by atoms with van der Waals surface area (Å²) < 4.78 is 118. The number of ether oxygens (including phenoxy) is 1. The minimum atomic E-state index is -2.37.